The molecule has 0 bridgehead atoms. The van der Waals surface area contributed by atoms with Crippen molar-refractivity contribution in [3.8, 4) is 0 Å². The Labute approximate surface area is 101 Å². The summed E-state index contributed by atoms with van der Waals surface area (Å²) in [6, 6.07) is -0.734. The van der Waals surface area contributed by atoms with Gasteiger partial charge in [0.2, 0.25) is 0 Å². The Kier molecular flexibility index (Phi) is 2.42. The third kappa shape index (κ3) is 1.98. The number of nitrogens with zero attached hydrogens (tertiary/aromatic N) is 1. The van der Waals surface area contributed by atoms with Gasteiger partial charge in [-0.1, -0.05) is 6.92 Å². The van der Waals surface area contributed by atoms with E-state index in [2.05, 4.69) is 0 Å². The number of carbonyl (C=O) groups excluding carboxylic acids is 1. The van der Waals surface area contributed by atoms with Crippen molar-refractivity contribution >= 4 is 12.1 Å². The molecule has 1 saturated heterocycles. The second-order valence-electron chi connectivity index (χ2n) is 6.28. The second kappa shape index (κ2) is 3.37. The summed E-state index contributed by atoms with van der Waals surface area (Å²) in [5.41, 5.74) is -0.837. The minimum Gasteiger partial charge on any atom is -0.480 e. The molecule has 3 atom stereocenters. The van der Waals surface area contributed by atoms with Gasteiger partial charge in [0.15, 0.2) is 0 Å². The van der Waals surface area contributed by atoms with E-state index in [0.29, 0.717) is 12.5 Å². The standard InChI is InChI=1S/C12H19NO4/c1-11(2,3)17-10(16)13-6-7-5-12(7,4)8(13)9(14)15/h7-8H,5-6H2,1-4H3,(H,14,15). The minimum atomic E-state index is -0.932. The van der Waals surface area contributed by atoms with Gasteiger partial charge in [0.05, 0.1) is 0 Å². The van der Waals surface area contributed by atoms with E-state index in [4.69, 9.17) is 4.74 Å². The average molecular weight is 241 g/mol. The van der Waals surface area contributed by atoms with Crippen molar-refractivity contribution in [2.75, 3.05) is 6.54 Å². The Hall–Kier alpha value is -1.26. The molecule has 2 rings (SSSR count). The number of amides is 1. The number of piperidine rings is 1. The first-order valence-electron chi connectivity index (χ1n) is 5.87. The van der Waals surface area contributed by atoms with Crippen molar-refractivity contribution in [1.29, 1.82) is 0 Å². The highest BCUT2D eigenvalue weighted by atomic mass is 16.6. The van der Waals surface area contributed by atoms with Crippen LogP contribution in [-0.4, -0.2) is 40.3 Å². The Morgan fingerprint density at radius 2 is 2.00 bits per heavy atom. The highest BCUT2D eigenvalue weighted by Gasteiger charge is 2.67. The molecule has 0 aromatic heterocycles. The van der Waals surface area contributed by atoms with Gasteiger partial charge in [0.25, 0.3) is 0 Å². The summed E-state index contributed by atoms with van der Waals surface area (Å²) < 4.78 is 5.24. The van der Waals surface area contributed by atoms with Gasteiger partial charge in [-0.25, -0.2) is 9.59 Å². The molecule has 0 aromatic carbocycles. The second-order valence-corrected chi connectivity index (χ2v) is 6.28. The van der Waals surface area contributed by atoms with E-state index in [0.717, 1.165) is 6.42 Å². The van der Waals surface area contributed by atoms with Crippen molar-refractivity contribution < 1.29 is 19.4 Å². The van der Waals surface area contributed by atoms with Crippen LogP contribution in [0.4, 0.5) is 4.79 Å². The number of hydrogen-bond donors (Lipinski definition) is 1. The first-order chi connectivity index (χ1) is 7.65. The molecule has 0 radical (unpaired) electrons. The summed E-state index contributed by atoms with van der Waals surface area (Å²) in [5, 5.41) is 9.24. The van der Waals surface area contributed by atoms with E-state index in [9.17, 15) is 14.7 Å². The molecule has 5 nitrogen and oxygen atoms in total. The lowest BCUT2D eigenvalue weighted by molar-refractivity contribution is -0.144. The Morgan fingerprint density at radius 1 is 1.41 bits per heavy atom. The maximum Gasteiger partial charge on any atom is 0.411 e. The Morgan fingerprint density at radius 3 is 2.47 bits per heavy atom. The minimum absolute atomic E-state index is 0.247. The molecule has 5 heteroatoms. The number of likely N-dealkylation sites (tertiary alicyclic amines) is 1. The molecule has 1 aliphatic heterocycles. The molecule has 1 amide bonds. The van der Waals surface area contributed by atoms with Crippen molar-refractivity contribution in [1.82, 2.24) is 4.90 Å². The van der Waals surface area contributed by atoms with Crippen LogP contribution in [0.15, 0.2) is 0 Å². The summed E-state index contributed by atoms with van der Waals surface area (Å²) >= 11 is 0. The van der Waals surface area contributed by atoms with Gasteiger partial charge in [-0.2, -0.15) is 0 Å². The maximum absolute atomic E-state index is 11.9. The predicted molar refractivity (Wildman–Crippen MR) is 60.6 cm³/mol. The molecule has 1 N–H and O–H groups in total. The largest absolute Gasteiger partial charge is 0.480 e. The van der Waals surface area contributed by atoms with Gasteiger partial charge in [0.1, 0.15) is 11.6 Å². The fourth-order valence-corrected chi connectivity index (χ4v) is 2.69. The number of carboxylic acids is 1. The Bertz CT molecular complexity index is 373. The highest BCUT2D eigenvalue weighted by molar-refractivity contribution is 5.83. The zero-order chi connectivity index (χ0) is 13.0. The van der Waals surface area contributed by atoms with Crippen molar-refractivity contribution in [3.63, 3.8) is 0 Å². The van der Waals surface area contributed by atoms with Crippen LogP contribution < -0.4 is 0 Å². The molecule has 0 aromatic rings. The van der Waals surface area contributed by atoms with E-state index in [1.54, 1.807) is 20.8 Å². The van der Waals surface area contributed by atoms with E-state index in [1.165, 1.54) is 4.90 Å². The van der Waals surface area contributed by atoms with Crippen LogP contribution in [0.25, 0.3) is 0 Å². The summed E-state index contributed by atoms with van der Waals surface area (Å²) in [5.74, 6) is -0.616. The first kappa shape index (κ1) is 12.2. The summed E-state index contributed by atoms with van der Waals surface area (Å²) in [4.78, 5) is 24.6. The van der Waals surface area contributed by atoms with Crippen molar-refractivity contribution in [2.45, 2.75) is 45.8 Å². The molecule has 2 fully saturated rings. The molecular weight excluding hydrogens is 222 g/mol. The molecule has 17 heavy (non-hydrogen) atoms. The molecular formula is C12H19NO4. The number of hydrogen-bond acceptors (Lipinski definition) is 3. The Balaban J connectivity index is 2.12. The SMILES string of the molecule is CC(C)(C)OC(=O)N1CC2CC2(C)C1C(=O)O. The van der Waals surface area contributed by atoms with Gasteiger partial charge >= 0.3 is 12.1 Å². The number of fused-ring (bicyclic) bond motifs is 1. The van der Waals surface area contributed by atoms with Crippen LogP contribution in [0.2, 0.25) is 0 Å². The van der Waals surface area contributed by atoms with Gasteiger partial charge in [-0.15, -0.1) is 0 Å². The number of carbonyl (C=O) groups is 2. The van der Waals surface area contributed by atoms with E-state index >= 15 is 0 Å². The van der Waals surface area contributed by atoms with Crippen LogP contribution in [-0.2, 0) is 9.53 Å². The van der Waals surface area contributed by atoms with Crippen molar-refractivity contribution in [2.24, 2.45) is 11.3 Å². The number of ether oxygens (including phenoxy) is 1. The topological polar surface area (TPSA) is 66.8 Å². The van der Waals surface area contributed by atoms with E-state index in [-0.39, 0.29) is 5.41 Å². The summed E-state index contributed by atoms with van der Waals surface area (Å²) in [6.07, 6.45) is 0.377. The van der Waals surface area contributed by atoms with Gasteiger partial charge < -0.3 is 9.84 Å². The lowest BCUT2D eigenvalue weighted by Crippen LogP contribution is -2.47. The third-order valence-electron chi connectivity index (χ3n) is 3.67. The molecule has 3 unspecified atom stereocenters. The van der Waals surface area contributed by atoms with Crippen LogP contribution in [0.5, 0.6) is 0 Å². The lowest BCUT2D eigenvalue weighted by atomic mass is 9.99. The van der Waals surface area contributed by atoms with Gasteiger partial charge in [0, 0.05) is 12.0 Å². The quantitative estimate of drug-likeness (QED) is 0.759. The van der Waals surface area contributed by atoms with Gasteiger partial charge in [-0.3, -0.25) is 4.90 Å². The average Bonchev–Trinajstić information content (AvgIpc) is 2.64. The highest BCUT2D eigenvalue weighted by Crippen LogP contribution is 2.61. The summed E-state index contributed by atoms with van der Waals surface area (Å²) in [6.45, 7) is 7.76. The van der Waals surface area contributed by atoms with E-state index < -0.39 is 23.7 Å². The van der Waals surface area contributed by atoms with E-state index in [1.807, 2.05) is 6.92 Å². The normalized spacial score (nSPS) is 35.4. The number of aliphatic carboxylic acids is 1. The monoisotopic (exact) mass is 241 g/mol. The zero-order valence-electron chi connectivity index (χ0n) is 10.7. The molecule has 96 valence electrons. The fraction of sp³-hybridized carbons (Fsp3) is 0.833. The summed E-state index contributed by atoms with van der Waals surface area (Å²) in [7, 11) is 0. The molecule has 1 aliphatic carbocycles. The molecule has 0 spiro atoms. The smallest absolute Gasteiger partial charge is 0.411 e. The van der Waals surface area contributed by atoms with Gasteiger partial charge in [-0.05, 0) is 33.1 Å². The third-order valence-corrected chi connectivity index (χ3v) is 3.67. The van der Waals surface area contributed by atoms with Crippen LogP contribution in [0, 0.1) is 11.3 Å². The van der Waals surface area contributed by atoms with Crippen LogP contribution in [0.1, 0.15) is 34.1 Å². The fourth-order valence-electron chi connectivity index (χ4n) is 2.69. The lowest BCUT2D eigenvalue weighted by Gasteiger charge is -2.30. The van der Waals surface area contributed by atoms with Crippen molar-refractivity contribution in [3.05, 3.63) is 0 Å². The zero-order valence-corrected chi connectivity index (χ0v) is 10.7. The first-order valence-corrected chi connectivity index (χ1v) is 5.87. The maximum atomic E-state index is 11.9. The molecule has 2 aliphatic rings. The molecule has 1 heterocycles. The number of rotatable bonds is 1. The van der Waals surface area contributed by atoms with Crippen LogP contribution in [0.3, 0.4) is 0 Å². The predicted octanol–water partition coefficient (Wildman–Crippen LogP) is 1.72. The molecule has 1 saturated carbocycles. The van der Waals surface area contributed by atoms with Crippen LogP contribution >= 0.6 is 0 Å². The number of carboxylic acid groups (broad SMARTS) is 1.